The Morgan fingerprint density at radius 2 is 2.05 bits per heavy atom. The molecule has 0 unspecified atom stereocenters. The summed E-state index contributed by atoms with van der Waals surface area (Å²) in [7, 11) is 0. The van der Waals surface area contributed by atoms with Crippen molar-refractivity contribution in [2.45, 2.75) is 6.92 Å². The molecule has 19 heavy (non-hydrogen) atoms. The summed E-state index contributed by atoms with van der Waals surface area (Å²) in [5, 5.41) is 12.1. The van der Waals surface area contributed by atoms with Crippen molar-refractivity contribution in [3.63, 3.8) is 0 Å². The number of nitrogens with two attached hydrogens (primary N) is 1. The fourth-order valence-electron chi connectivity index (χ4n) is 1.74. The SMILES string of the molecule is Cc1cccc(Nc2cc(F)c(Br)cc2N)c1C#N. The summed E-state index contributed by atoms with van der Waals surface area (Å²) in [5.74, 6) is -0.414. The van der Waals surface area contributed by atoms with E-state index < -0.39 is 5.82 Å². The number of hydrogen-bond donors (Lipinski definition) is 2. The van der Waals surface area contributed by atoms with E-state index in [0.717, 1.165) is 5.56 Å². The summed E-state index contributed by atoms with van der Waals surface area (Å²) in [6.07, 6.45) is 0. The molecule has 5 heteroatoms. The maximum absolute atomic E-state index is 13.5. The highest BCUT2D eigenvalue weighted by atomic mass is 79.9. The molecule has 0 aliphatic carbocycles. The van der Waals surface area contributed by atoms with Crippen LogP contribution in [0, 0.1) is 24.1 Å². The topological polar surface area (TPSA) is 61.8 Å². The number of rotatable bonds is 2. The number of halogens is 2. The van der Waals surface area contributed by atoms with Crippen molar-refractivity contribution in [1.29, 1.82) is 5.26 Å². The van der Waals surface area contributed by atoms with Gasteiger partial charge in [0.05, 0.1) is 27.1 Å². The van der Waals surface area contributed by atoms with Gasteiger partial charge < -0.3 is 11.1 Å². The van der Waals surface area contributed by atoms with Gasteiger partial charge in [0.25, 0.3) is 0 Å². The maximum atomic E-state index is 13.5. The van der Waals surface area contributed by atoms with Crippen molar-refractivity contribution in [3.8, 4) is 6.07 Å². The molecule has 0 bridgehead atoms. The first kappa shape index (κ1) is 13.4. The molecule has 3 nitrogen and oxygen atoms in total. The van der Waals surface area contributed by atoms with Crippen LogP contribution in [0.1, 0.15) is 11.1 Å². The Morgan fingerprint density at radius 3 is 2.74 bits per heavy atom. The number of nitrogens with zero attached hydrogens (tertiary/aromatic N) is 1. The molecule has 0 saturated carbocycles. The van der Waals surface area contributed by atoms with Crippen LogP contribution in [0.5, 0.6) is 0 Å². The summed E-state index contributed by atoms with van der Waals surface area (Å²) < 4.78 is 13.8. The molecule has 96 valence electrons. The highest BCUT2D eigenvalue weighted by Crippen LogP contribution is 2.30. The van der Waals surface area contributed by atoms with Gasteiger partial charge in [-0.3, -0.25) is 0 Å². The van der Waals surface area contributed by atoms with Crippen LogP contribution in [-0.2, 0) is 0 Å². The number of anilines is 3. The van der Waals surface area contributed by atoms with Gasteiger partial charge in [0.1, 0.15) is 11.9 Å². The van der Waals surface area contributed by atoms with Gasteiger partial charge in [-0.2, -0.15) is 5.26 Å². The Morgan fingerprint density at radius 1 is 1.32 bits per heavy atom. The monoisotopic (exact) mass is 319 g/mol. The molecule has 0 spiro atoms. The van der Waals surface area contributed by atoms with E-state index in [9.17, 15) is 4.39 Å². The van der Waals surface area contributed by atoms with E-state index in [4.69, 9.17) is 11.0 Å². The lowest BCUT2D eigenvalue weighted by Crippen LogP contribution is -2.00. The fourth-order valence-corrected chi connectivity index (χ4v) is 2.10. The zero-order valence-corrected chi connectivity index (χ0v) is 11.8. The third kappa shape index (κ3) is 2.69. The minimum Gasteiger partial charge on any atom is -0.397 e. The second-order valence-corrected chi connectivity index (χ2v) is 4.94. The highest BCUT2D eigenvalue weighted by Gasteiger charge is 2.09. The Balaban J connectivity index is 2.45. The van der Waals surface area contributed by atoms with Gasteiger partial charge in [0.15, 0.2) is 0 Å². The van der Waals surface area contributed by atoms with Crippen molar-refractivity contribution in [2.24, 2.45) is 0 Å². The second-order valence-electron chi connectivity index (χ2n) is 4.09. The average Bonchev–Trinajstić information content (AvgIpc) is 2.36. The zero-order chi connectivity index (χ0) is 14.0. The third-order valence-corrected chi connectivity index (χ3v) is 3.35. The smallest absolute Gasteiger partial charge is 0.139 e. The normalized spacial score (nSPS) is 10.0. The van der Waals surface area contributed by atoms with Crippen molar-refractivity contribution in [3.05, 3.63) is 51.7 Å². The van der Waals surface area contributed by atoms with Gasteiger partial charge in [-0.25, -0.2) is 4.39 Å². The summed E-state index contributed by atoms with van der Waals surface area (Å²) in [6, 6.07) is 10.3. The summed E-state index contributed by atoms with van der Waals surface area (Å²) in [5.41, 5.74) is 8.64. The van der Waals surface area contributed by atoms with Gasteiger partial charge in [-0.1, -0.05) is 12.1 Å². The average molecular weight is 320 g/mol. The molecule has 0 atom stereocenters. The van der Waals surface area contributed by atoms with E-state index in [1.165, 1.54) is 12.1 Å². The highest BCUT2D eigenvalue weighted by molar-refractivity contribution is 9.10. The molecule has 2 aromatic carbocycles. The molecule has 3 N–H and O–H groups in total. The number of aryl methyl sites for hydroxylation is 1. The first-order chi connectivity index (χ1) is 9.02. The lowest BCUT2D eigenvalue weighted by molar-refractivity contribution is 0.622. The van der Waals surface area contributed by atoms with Crippen LogP contribution < -0.4 is 11.1 Å². The Labute approximate surface area is 119 Å². The summed E-state index contributed by atoms with van der Waals surface area (Å²) in [6.45, 7) is 1.84. The molecule has 0 aliphatic heterocycles. The molecule has 0 fully saturated rings. The van der Waals surface area contributed by atoms with E-state index in [1.807, 2.05) is 19.1 Å². The van der Waals surface area contributed by atoms with Crippen LogP contribution in [0.25, 0.3) is 0 Å². The second kappa shape index (κ2) is 5.29. The molecule has 0 heterocycles. The first-order valence-electron chi connectivity index (χ1n) is 5.54. The molecule has 0 amide bonds. The largest absolute Gasteiger partial charge is 0.397 e. The minimum absolute atomic E-state index is 0.306. The number of hydrogen-bond acceptors (Lipinski definition) is 3. The third-order valence-electron chi connectivity index (χ3n) is 2.75. The van der Waals surface area contributed by atoms with E-state index >= 15 is 0 Å². The lowest BCUT2D eigenvalue weighted by Gasteiger charge is -2.12. The van der Waals surface area contributed by atoms with Gasteiger partial charge in [-0.05, 0) is 40.5 Å². The predicted molar refractivity (Wildman–Crippen MR) is 77.7 cm³/mol. The molecular formula is C14H11BrFN3. The van der Waals surface area contributed by atoms with Crippen LogP contribution in [0.15, 0.2) is 34.8 Å². The summed E-state index contributed by atoms with van der Waals surface area (Å²) >= 11 is 3.07. The van der Waals surface area contributed by atoms with Crippen LogP contribution >= 0.6 is 15.9 Å². The molecular weight excluding hydrogens is 309 g/mol. The number of nitrogens with one attached hydrogen (secondary N) is 1. The van der Waals surface area contributed by atoms with Crippen LogP contribution in [0.4, 0.5) is 21.5 Å². The minimum atomic E-state index is -0.414. The quantitative estimate of drug-likeness (QED) is 0.819. The van der Waals surface area contributed by atoms with Crippen molar-refractivity contribution < 1.29 is 4.39 Å². The molecule has 0 aliphatic rings. The van der Waals surface area contributed by atoms with Crippen molar-refractivity contribution in [1.82, 2.24) is 0 Å². The van der Waals surface area contributed by atoms with E-state index in [1.54, 1.807) is 6.07 Å². The first-order valence-corrected chi connectivity index (χ1v) is 6.33. The predicted octanol–water partition coefficient (Wildman–Crippen LogP) is 4.09. The number of benzene rings is 2. The van der Waals surface area contributed by atoms with Crippen LogP contribution in [-0.4, -0.2) is 0 Å². The van der Waals surface area contributed by atoms with Crippen molar-refractivity contribution >= 4 is 33.0 Å². The van der Waals surface area contributed by atoms with Gasteiger partial charge >= 0.3 is 0 Å². The number of nitrogen functional groups attached to an aromatic ring is 1. The van der Waals surface area contributed by atoms with Crippen molar-refractivity contribution in [2.75, 3.05) is 11.1 Å². The molecule has 0 saturated heterocycles. The Kier molecular flexibility index (Phi) is 3.72. The summed E-state index contributed by atoms with van der Waals surface area (Å²) in [4.78, 5) is 0. The lowest BCUT2D eigenvalue weighted by atomic mass is 10.1. The standard InChI is InChI=1S/C14H11BrFN3/c1-8-3-2-4-13(9(8)7-17)19-14-6-11(16)10(15)5-12(14)18/h2-6,19H,18H2,1H3. The number of nitriles is 1. The molecule has 0 radical (unpaired) electrons. The van der Waals surface area contributed by atoms with Gasteiger partial charge in [-0.15, -0.1) is 0 Å². The van der Waals surface area contributed by atoms with Gasteiger partial charge in [0, 0.05) is 6.07 Å². The Hall–Kier alpha value is -2.06. The van der Waals surface area contributed by atoms with E-state index in [0.29, 0.717) is 27.1 Å². The molecule has 2 aromatic rings. The van der Waals surface area contributed by atoms with Crippen LogP contribution in [0.2, 0.25) is 0 Å². The fraction of sp³-hybridized carbons (Fsp3) is 0.0714. The zero-order valence-electron chi connectivity index (χ0n) is 10.2. The van der Waals surface area contributed by atoms with Gasteiger partial charge in [0.2, 0.25) is 0 Å². The Bertz CT molecular complexity index is 677. The van der Waals surface area contributed by atoms with Crippen LogP contribution in [0.3, 0.4) is 0 Å². The van der Waals surface area contributed by atoms with E-state index in [2.05, 4.69) is 27.3 Å². The molecule has 2 rings (SSSR count). The molecule has 0 aromatic heterocycles. The van der Waals surface area contributed by atoms with E-state index in [-0.39, 0.29) is 0 Å². The maximum Gasteiger partial charge on any atom is 0.139 e.